The Morgan fingerprint density at radius 3 is 2.19 bits per heavy atom. The van der Waals surface area contributed by atoms with Gasteiger partial charge < -0.3 is 10.2 Å². The summed E-state index contributed by atoms with van der Waals surface area (Å²) < 4.78 is 0. The van der Waals surface area contributed by atoms with Gasteiger partial charge in [-0.3, -0.25) is 9.59 Å². The number of nitrogens with one attached hydrogen (secondary N) is 1. The third-order valence-electron chi connectivity index (χ3n) is 4.83. The molecule has 4 rings (SSSR count). The van der Waals surface area contributed by atoms with E-state index in [1.165, 1.54) is 5.56 Å². The molecule has 2 amide bonds. The van der Waals surface area contributed by atoms with E-state index in [0.29, 0.717) is 0 Å². The van der Waals surface area contributed by atoms with Crippen LogP contribution in [0.25, 0.3) is 22.3 Å². The summed E-state index contributed by atoms with van der Waals surface area (Å²) in [6.45, 7) is 2.10. The molecule has 0 radical (unpaired) electrons. The van der Waals surface area contributed by atoms with Gasteiger partial charge >= 0.3 is 0 Å². The number of hydrogen-bond donors (Lipinski definition) is 1. The van der Waals surface area contributed by atoms with Crippen LogP contribution in [0.1, 0.15) is 5.56 Å². The number of hydrogen-bond acceptors (Lipinski definition) is 2. The summed E-state index contributed by atoms with van der Waals surface area (Å²) >= 11 is 0. The second-order valence-corrected chi connectivity index (χ2v) is 6.70. The average molecular weight is 356 g/mol. The Labute approximate surface area is 158 Å². The molecule has 1 fully saturated rings. The van der Waals surface area contributed by atoms with Crippen LogP contribution in [-0.4, -0.2) is 24.9 Å². The molecule has 0 bridgehead atoms. The Bertz CT molecular complexity index is 1010. The lowest BCUT2D eigenvalue weighted by Crippen LogP contribution is -2.51. The molecule has 134 valence electrons. The van der Waals surface area contributed by atoms with Crippen molar-refractivity contribution in [2.24, 2.45) is 0 Å². The van der Waals surface area contributed by atoms with Crippen LogP contribution in [0.15, 0.2) is 72.8 Å². The number of anilines is 1. The van der Waals surface area contributed by atoms with Crippen molar-refractivity contribution in [2.75, 3.05) is 18.0 Å². The van der Waals surface area contributed by atoms with Gasteiger partial charge in [-0.15, -0.1) is 0 Å². The van der Waals surface area contributed by atoms with Gasteiger partial charge in [-0.05, 0) is 52.9 Å². The fourth-order valence-electron chi connectivity index (χ4n) is 3.42. The number of carbonyl (C=O) groups is 2. The number of piperazine rings is 1. The van der Waals surface area contributed by atoms with Crippen molar-refractivity contribution in [1.29, 1.82) is 0 Å². The molecule has 4 heteroatoms. The average Bonchev–Trinajstić information content (AvgIpc) is 2.71. The number of amides is 2. The molecule has 27 heavy (non-hydrogen) atoms. The summed E-state index contributed by atoms with van der Waals surface area (Å²) in [5, 5.41) is 2.58. The van der Waals surface area contributed by atoms with E-state index in [2.05, 4.69) is 47.8 Å². The van der Waals surface area contributed by atoms with Gasteiger partial charge in [0.2, 0.25) is 11.8 Å². The van der Waals surface area contributed by atoms with Crippen LogP contribution in [0.2, 0.25) is 0 Å². The van der Waals surface area contributed by atoms with Crippen LogP contribution in [0.5, 0.6) is 0 Å². The lowest BCUT2D eigenvalue weighted by Gasteiger charge is -2.28. The number of nitrogens with zero attached hydrogens (tertiary/aromatic N) is 1. The number of aryl methyl sites for hydroxylation is 1. The Morgan fingerprint density at radius 2 is 1.44 bits per heavy atom. The van der Waals surface area contributed by atoms with Crippen molar-refractivity contribution < 1.29 is 9.59 Å². The first-order chi connectivity index (χ1) is 13.1. The molecule has 0 atom stereocenters. The molecule has 0 saturated carbocycles. The summed E-state index contributed by atoms with van der Waals surface area (Å²) in [5.41, 5.74) is 6.31. The van der Waals surface area contributed by atoms with Gasteiger partial charge in [0, 0.05) is 5.69 Å². The lowest BCUT2D eigenvalue weighted by atomic mass is 9.97. The van der Waals surface area contributed by atoms with Crippen molar-refractivity contribution in [1.82, 2.24) is 5.32 Å². The van der Waals surface area contributed by atoms with Gasteiger partial charge in [-0.1, -0.05) is 54.6 Å². The molecule has 4 nitrogen and oxygen atoms in total. The highest BCUT2D eigenvalue weighted by Crippen LogP contribution is 2.30. The third kappa shape index (κ3) is 3.47. The van der Waals surface area contributed by atoms with Gasteiger partial charge in [0.15, 0.2) is 0 Å². The van der Waals surface area contributed by atoms with Crippen molar-refractivity contribution in [3.63, 3.8) is 0 Å². The van der Waals surface area contributed by atoms with Gasteiger partial charge in [-0.25, -0.2) is 0 Å². The van der Waals surface area contributed by atoms with Crippen LogP contribution >= 0.6 is 0 Å². The maximum atomic E-state index is 12.2. The molecule has 1 saturated heterocycles. The van der Waals surface area contributed by atoms with Gasteiger partial charge in [0.25, 0.3) is 0 Å². The first kappa shape index (κ1) is 17.0. The zero-order valence-electron chi connectivity index (χ0n) is 15.1. The summed E-state index contributed by atoms with van der Waals surface area (Å²) in [5.74, 6) is -0.217. The Morgan fingerprint density at radius 1 is 0.778 bits per heavy atom. The van der Waals surface area contributed by atoms with Crippen molar-refractivity contribution in [2.45, 2.75) is 6.92 Å². The van der Waals surface area contributed by atoms with Crippen molar-refractivity contribution in [3.05, 3.63) is 78.4 Å². The van der Waals surface area contributed by atoms with Crippen LogP contribution in [0, 0.1) is 6.92 Å². The van der Waals surface area contributed by atoms with Gasteiger partial charge in [0.05, 0.1) is 6.54 Å². The predicted molar refractivity (Wildman–Crippen MR) is 107 cm³/mol. The number of rotatable bonds is 3. The molecule has 1 heterocycles. The molecule has 1 aliphatic heterocycles. The highest BCUT2D eigenvalue weighted by Gasteiger charge is 2.25. The van der Waals surface area contributed by atoms with Crippen LogP contribution in [-0.2, 0) is 9.59 Å². The van der Waals surface area contributed by atoms with Crippen molar-refractivity contribution in [3.8, 4) is 22.3 Å². The van der Waals surface area contributed by atoms with E-state index in [4.69, 9.17) is 0 Å². The maximum absolute atomic E-state index is 12.2. The van der Waals surface area contributed by atoms with E-state index in [9.17, 15) is 9.59 Å². The zero-order chi connectivity index (χ0) is 18.8. The summed E-state index contributed by atoms with van der Waals surface area (Å²) in [7, 11) is 0. The molecule has 1 aliphatic rings. The molecule has 1 N–H and O–H groups in total. The molecular formula is C23H20N2O2. The minimum atomic E-state index is -0.131. The quantitative estimate of drug-likeness (QED) is 0.776. The largest absolute Gasteiger partial charge is 0.345 e. The molecular weight excluding hydrogens is 336 g/mol. The minimum Gasteiger partial charge on any atom is -0.345 e. The highest BCUT2D eigenvalue weighted by atomic mass is 16.2. The SMILES string of the molecule is Cc1cc(-c2cccc(-c3ccccc3)c2)ccc1N1CC(=O)NCC1=O. The predicted octanol–water partition coefficient (Wildman–Crippen LogP) is 3.79. The second kappa shape index (κ2) is 7.08. The maximum Gasteiger partial charge on any atom is 0.246 e. The molecule has 0 aromatic heterocycles. The highest BCUT2D eigenvalue weighted by molar-refractivity contribution is 6.05. The van der Waals surface area contributed by atoms with Gasteiger partial charge in [-0.2, -0.15) is 0 Å². The topological polar surface area (TPSA) is 49.4 Å². The smallest absolute Gasteiger partial charge is 0.246 e. The van der Waals surface area contributed by atoms with Crippen LogP contribution in [0.3, 0.4) is 0 Å². The third-order valence-corrected chi connectivity index (χ3v) is 4.83. The minimum absolute atomic E-state index is 0.0547. The fourth-order valence-corrected chi connectivity index (χ4v) is 3.42. The molecule has 0 spiro atoms. The monoisotopic (exact) mass is 356 g/mol. The first-order valence-electron chi connectivity index (χ1n) is 8.95. The summed E-state index contributed by atoms with van der Waals surface area (Å²) in [6.07, 6.45) is 0. The Hall–Kier alpha value is -3.40. The van der Waals surface area contributed by atoms with E-state index in [1.807, 2.05) is 37.3 Å². The first-order valence-corrected chi connectivity index (χ1v) is 8.95. The normalized spacial score (nSPS) is 14.2. The second-order valence-electron chi connectivity index (χ2n) is 6.70. The summed E-state index contributed by atoms with van der Waals surface area (Å²) in [4.78, 5) is 25.4. The number of carbonyl (C=O) groups excluding carboxylic acids is 2. The zero-order valence-corrected chi connectivity index (χ0v) is 15.1. The van der Waals surface area contributed by atoms with E-state index >= 15 is 0 Å². The lowest BCUT2D eigenvalue weighted by molar-refractivity contribution is -0.128. The Kier molecular flexibility index (Phi) is 4.47. The van der Waals surface area contributed by atoms with E-state index < -0.39 is 0 Å². The molecule has 3 aromatic rings. The van der Waals surface area contributed by atoms with Gasteiger partial charge in [0.1, 0.15) is 6.54 Å². The van der Waals surface area contributed by atoms with E-state index in [-0.39, 0.29) is 24.9 Å². The van der Waals surface area contributed by atoms with Crippen molar-refractivity contribution >= 4 is 17.5 Å². The van der Waals surface area contributed by atoms with E-state index in [0.717, 1.165) is 27.9 Å². The fraction of sp³-hybridized carbons (Fsp3) is 0.130. The molecule has 0 unspecified atom stereocenters. The number of benzene rings is 3. The van der Waals surface area contributed by atoms with Crippen LogP contribution in [0.4, 0.5) is 5.69 Å². The Balaban J connectivity index is 1.67. The van der Waals surface area contributed by atoms with Crippen LogP contribution < -0.4 is 10.2 Å². The molecule has 3 aromatic carbocycles. The molecule has 0 aliphatic carbocycles. The summed E-state index contributed by atoms with van der Waals surface area (Å²) in [6, 6.07) is 24.7. The standard InChI is InChI=1S/C23H20N2O2/c1-16-12-20(10-11-21(16)25-15-22(26)24-14-23(25)27)19-9-5-8-18(13-19)17-6-3-2-4-7-17/h2-13H,14-15H2,1H3,(H,24,26). The van der Waals surface area contributed by atoms with E-state index in [1.54, 1.807) is 4.90 Å².